The van der Waals surface area contributed by atoms with Gasteiger partial charge in [0, 0.05) is 22.4 Å². The van der Waals surface area contributed by atoms with E-state index in [1.807, 2.05) is 18.2 Å². The second kappa shape index (κ2) is 6.33. The first-order valence-corrected chi connectivity index (χ1v) is 8.76. The number of rotatable bonds is 4. The molecule has 7 heteroatoms. The van der Waals surface area contributed by atoms with Crippen molar-refractivity contribution in [2.45, 2.75) is 18.9 Å². The van der Waals surface area contributed by atoms with Crippen molar-refractivity contribution >= 4 is 38.9 Å². The standard InChI is InChI=1S/C18H15BrN4O2/c19-11-4-6-12(7-5-11)21-18(25)16-22-15(17(24)20-13-8-9-13)14-3-1-2-10-23(14)16/h1-7,10,13H,8-9H2,(H,20,24)(H,21,25). The Morgan fingerprint density at radius 2 is 1.84 bits per heavy atom. The van der Waals surface area contributed by atoms with E-state index in [-0.39, 0.29) is 29.4 Å². The Hall–Kier alpha value is -2.67. The van der Waals surface area contributed by atoms with Gasteiger partial charge < -0.3 is 10.6 Å². The predicted octanol–water partition coefficient (Wildman–Crippen LogP) is 3.24. The average Bonchev–Trinajstić information content (AvgIpc) is 3.33. The van der Waals surface area contributed by atoms with Gasteiger partial charge in [-0.3, -0.25) is 14.0 Å². The van der Waals surface area contributed by atoms with Crippen molar-refractivity contribution in [3.05, 3.63) is 64.7 Å². The molecule has 126 valence electrons. The van der Waals surface area contributed by atoms with Crippen LogP contribution in [0.1, 0.15) is 33.9 Å². The lowest BCUT2D eigenvalue weighted by molar-refractivity contribution is 0.0948. The summed E-state index contributed by atoms with van der Waals surface area (Å²) in [6, 6.07) is 12.9. The van der Waals surface area contributed by atoms with Crippen molar-refractivity contribution in [2.24, 2.45) is 0 Å². The minimum Gasteiger partial charge on any atom is -0.348 e. The third-order valence-corrected chi connectivity index (χ3v) is 4.51. The summed E-state index contributed by atoms with van der Waals surface area (Å²) >= 11 is 3.36. The number of nitrogens with zero attached hydrogens (tertiary/aromatic N) is 2. The van der Waals surface area contributed by atoms with E-state index < -0.39 is 0 Å². The normalized spacial score (nSPS) is 13.6. The first-order chi connectivity index (χ1) is 12.1. The zero-order valence-electron chi connectivity index (χ0n) is 13.2. The lowest BCUT2D eigenvalue weighted by Gasteiger charge is -2.04. The van der Waals surface area contributed by atoms with Gasteiger partial charge in [0.2, 0.25) is 5.82 Å². The van der Waals surface area contributed by atoms with E-state index in [1.165, 1.54) is 0 Å². The van der Waals surface area contributed by atoms with Crippen molar-refractivity contribution in [3.8, 4) is 0 Å². The van der Waals surface area contributed by atoms with Crippen LogP contribution < -0.4 is 10.6 Å². The highest BCUT2D eigenvalue weighted by atomic mass is 79.9. The molecule has 2 heterocycles. The average molecular weight is 399 g/mol. The summed E-state index contributed by atoms with van der Waals surface area (Å²) in [5, 5.41) is 5.73. The maximum absolute atomic E-state index is 12.6. The largest absolute Gasteiger partial charge is 0.348 e. The molecule has 0 unspecified atom stereocenters. The number of fused-ring (bicyclic) bond motifs is 1. The van der Waals surface area contributed by atoms with Gasteiger partial charge in [0.1, 0.15) is 0 Å². The van der Waals surface area contributed by atoms with Gasteiger partial charge in [-0.25, -0.2) is 4.98 Å². The van der Waals surface area contributed by atoms with E-state index in [1.54, 1.807) is 34.9 Å². The molecule has 2 aromatic heterocycles. The second-order valence-electron chi connectivity index (χ2n) is 5.95. The Labute approximate surface area is 152 Å². The number of benzene rings is 1. The molecule has 0 aliphatic heterocycles. The van der Waals surface area contributed by atoms with E-state index >= 15 is 0 Å². The molecule has 1 fully saturated rings. The van der Waals surface area contributed by atoms with Gasteiger partial charge in [0.25, 0.3) is 11.8 Å². The van der Waals surface area contributed by atoms with E-state index in [4.69, 9.17) is 0 Å². The maximum atomic E-state index is 12.6. The van der Waals surface area contributed by atoms with Gasteiger partial charge in [-0.15, -0.1) is 0 Å². The van der Waals surface area contributed by atoms with Crippen molar-refractivity contribution in [1.82, 2.24) is 14.7 Å². The number of anilines is 1. The van der Waals surface area contributed by atoms with E-state index in [9.17, 15) is 9.59 Å². The Morgan fingerprint density at radius 1 is 1.08 bits per heavy atom. The fraction of sp³-hybridized carbons (Fsp3) is 0.167. The zero-order valence-corrected chi connectivity index (χ0v) is 14.8. The summed E-state index contributed by atoms with van der Waals surface area (Å²) in [6.07, 6.45) is 3.72. The molecule has 2 N–H and O–H groups in total. The monoisotopic (exact) mass is 398 g/mol. The Bertz CT molecular complexity index is 961. The number of imidazole rings is 1. The molecule has 4 rings (SSSR count). The van der Waals surface area contributed by atoms with Crippen LogP contribution in [0.5, 0.6) is 0 Å². The molecule has 1 aliphatic rings. The van der Waals surface area contributed by atoms with Crippen molar-refractivity contribution in [1.29, 1.82) is 0 Å². The molecular weight excluding hydrogens is 384 g/mol. The third kappa shape index (κ3) is 3.28. The van der Waals surface area contributed by atoms with Crippen LogP contribution in [-0.4, -0.2) is 27.2 Å². The SMILES string of the molecule is O=C(NC1CC1)c1nc(C(=O)Nc2ccc(Br)cc2)n2ccccc12. The van der Waals surface area contributed by atoms with Gasteiger partial charge in [-0.2, -0.15) is 0 Å². The molecule has 0 spiro atoms. The minimum absolute atomic E-state index is 0.180. The summed E-state index contributed by atoms with van der Waals surface area (Å²) < 4.78 is 2.56. The topological polar surface area (TPSA) is 75.5 Å². The fourth-order valence-corrected chi connectivity index (χ4v) is 2.83. The number of aromatic nitrogens is 2. The minimum atomic E-state index is -0.367. The highest BCUT2D eigenvalue weighted by Crippen LogP contribution is 2.21. The van der Waals surface area contributed by atoms with Crippen LogP contribution in [0.25, 0.3) is 5.52 Å². The van der Waals surface area contributed by atoms with Crippen LogP contribution in [0.4, 0.5) is 5.69 Å². The molecule has 2 amide bonds. The summed E-state index contributed by atoms with van der Waals surface area (Å²) in [7, 11) is 0. The third-order valence-electron chi connectivity index (χ3n) is 3.98. The van der Waals surface area contributed by atoms with E-state index in [0.29, 0.717) is 11.2 Å². The number of amides is 2. The summed E-state index contributed by atoms with van der Waals surface area (Å²) in [5.41, 5.74) is 1.54. The molecule has 6 nitrogen and oxygen atoms in total. The van der Waals surface area contributed by atoms with Crippen LogP contribution in [0, 0.1) is 0 Å². The molecule has 1 aliphatic carbocycles. The number of carbonyl (C=O) groups is 2. The predicted molar refractivity (Wildman–Crippen MR) is 97.8 cm³/mol. The molecule has 0 radical (unpaired) electrons. The van der Waals surface area contributed by atoms with Gasteiger partial charge in [0.05, 0.1) is 5.52 Å². The molecular formula is C18H15BrN4O2. The number of carbonyl (C=O) groups excluding carboxylic acids is 2. The summed E-state index contributed by atoms with van der Waals surface area (Å²) in [5.74, 6) is -0.428. The van der Waals surface area contributed by atoms with Gasteiger partial charge in [0.15, 0.2) is 5.69 Å². The smallest absolute Gasteiger partial charge is 0.292 e. The van der Waals surface area contributed by atoms with Crippen LogP contribution in [-0.2, 0) is 0 Å². The Morgan fingerprint density at radius 3 is 2.56 bits per heavy atom. The summed E-state index contributed by atoms with van der Waals surface area (Å²) in [4.78, 5) is 29.4. The van der Waals surface area contributed by atoms with Gasteiger partial charge in [-0.05, 0) is 49.2 Å². The van der Waals surface area contributed by atoms with Gasteiger partial charge in [-0.1, -0.05) is 22.0 Å². The maximum Gasteiger partial charge on any atom is 0.292 e. The number of pyridine rings is 1. The van der Waals surface area contributed by atoms with Crippen molar-refractivity contribution in [3.63, 3.8) is 0 Å². The highest BCUT2D eigenvalue weighted by Gasteiger charge is 2.27. The first-order valence-electron chi connectivity index (χ1n) is 7.97. The lowest BCUT2D eigenvalue weighted by Crippen LogP contribution is -2.26. The Kier molecular flexibility index (Phi) is 4.01. The van der Waals surface area contributed by atoms with Crippen molar-refractivity contribution in [2.75, 3.05) is 5.32 Å². The van der Waals surface area contributed by atoms with Crippen LogP contribution in [0.2, 0.25) is 0 Å². The van der Waals surface area contributed by atoms with E-state index in [0.717, 1.165) is 17.3 Å². The molecule has 0 bridgehead atoms. The highest BCUT2D eigenvalue weighted by molar-refractivity contribution is 9.10. The molecule has 0 atom stereocenters. The first kappa shape index (κ1) is 15.8. The van der Waals surface area contributed by atoms with Crippen LogP contribution in [0.3, 0.4) is 0 Å². The number of halogens is 1. The van der Waals surface area contributed by atoms with Crippen molar-refractivity contribution < 1.29 is 9.59 Å². The van der Waals surface area contributed by atoms with Crippen LogP contribution in [0.15, 0.2) is 53.1 Å². The number of nitrogens with one attached hydrogen (secondary N) is 2. The van der Waals surface area contributed by atoms with E-state index in [2.05, 4.69) is 31.5 Å². The molecule has 3 aromatic rings. The quantitative estimate of drug-likeness (QED) is 0.708. The molecule has 25 heavy (non-hydrogen) atoms. The fourth-order valence-electron chi connectivity index (χ4n) is 2.57. The molecule has 0 saturated heterocycles. The summed E-state index contributed by atoms with van der Waals surface area (Å²) in [6.45, 7) is 0. The van der Waals surface area contributed by atoms with Crippen LogP contribution >= 0.6 is 15.9 Å². The number of hydrogen-bond donors (Lipinski definition) is 2. The lowest BCUT2D eigenvalue weighted by atomic mass is 10.3. The zero-order chi connectivity index (χ0) is 17.4. The van der Waals surface area contributed by atoms with Gasteiger partial charge >= 0.3 is 0 Å². The molecule has 1 saturated carbocycles. The second-order valence-corrected chi connectivity index (χ2v) is 6.86. The Balaban J connectivity index is 1.67. The number of hydrogen-bond acceptors (Lipinski definition) is 3. The molecule has 1 aromatic carbocycles.